The Bertz CT molecular complexity index is 726. The van der Waals surface area contributed by atoms with Gasteiger partial charge in [0.25, 0.3) is 5.91 Å². The minimum atomic E-state index is 0.0610. The molecule has 0 atom stereocenters. The third-order valence-corrected chi connectivity index (χ3v) is 4.85. The Morgan fingerprint density at radius 1 is 0.852 bits per heavy atom. The molecule has 1 fully saturated rings. The zero-order chi connectivity index (χ0) is 18.9. The van der Waals surface area contributed by atoms with Crippen LogP contribution in [0.1, 0.15) is 22.3 Å². The number of carbonyl (C=O) groups is 2. The first kappa shape index (κ1) is 19.1. The monoisotopic (exact) mass is 365 g/mol. The van der Waals surface area contributed by atoms with Gasteiger partial charge < -0.3 is 10.2 Å². The molecule has 0 unspecified atom stereocenters. The van der Waals surface area contributed by atoms with Gasteiger partial charge in [0.1, 0.15) is 0 Å². The maximum atomic E-state index is 12.4. The predicted molar refractivity (Wildman–Crippen MR) is 107 cm³/mol. The third-order valence-electron chi connectivity index (χ3n) is 4.85. The fourth-order valence-corrected chi connectivity index (χ4v) is 3.30. The molecule has 142 valence electrons. The van der Waals surface area contributed by atoms with Gasteiger partial charge in [0.2, 0.25) is 5.91 Å². The van der Waals surface area contributed by atoms with Gasteiger partial charge >= 0.3 is 0 Å². The normalized spacial score (nSPS) is 14.7. The number of piperazine rings is 1. The molecule has 0 aromatic heterocycles. The Morgan fingerprint density at radius 2 is 1.48 bits per heavy atom. The van der Waals surface area contributed by atoms with E-state index in [0.29, 0.717) is 26.2 Å². The molecular weight excluding hydrogens is 338 g/mol. The maximum Gasteiger partial charge on any atom is 0.253 e. The van der Waals surface area contributed by atoms with Gasteiger partial charge in [-0.2, -0.15) is 0 Å². The first-order valence-corrected chi connectivity index (χ1v) is 9.60. The molecule has 1 aliphatic heterocycles. The Labute approximate surface area is 161 Å². The van der Waals surface area contributed by atoms with Crippen LogP contribution in [-0.2, 0) is 11.2 Å². The molecule has 1 heterocycles. The van der Waals surface area contributed by atoms with Crippen molar-refractivity contribution in [3.8, 4) is 0 Å². The van der Waals surface area contributed by atoms with Crippen molar-refractivity contribution in [1.29, 1.82) is 0 Å². The summed E-state index contributed by atoms with van der Waals surface area (Å²) in [4.78, 5) is 28.6. The van der Waals surface area contributed by atoms with E-state index in [1.165, 1.54) is 5.56 Å². The molecule has 27 heavy (non-hydrogen) atoms. The second kappa shape index (κ2) is 9.88. The molecule has 0 saturated carbocycles. The number of nitrogens with one attached hydrogen (secondary N) is 1. The van der Waals surface area contributed by atoms with Crippen LogP contribution in [0.2, 0.25) is 0 Å². The summed E-state index contributed by atoms with van der Waals surface area (Å²) < 4.78 is 0. The lowest BCUT2D eigenvalue weighted by atomic mass is 10.1. The van der Waals surface area contributed by atoms with E-state index in [-0.39, 0.29) is 11.8 Å². The number of carbonyl (C=O) groups excluding carboxylic acids is 2. The molecule has 0 radical (unpaired) electrons. The van der Waals surface area contributed by atoms with Gasteiger partial charge in [0.15, 0.2) is 0 Å². The molecule has 1 N–H and O–H groups in total. The van der Waals surface area contributed by atoms with Crippen LogP contribution in [0, 0.1) is 0 Å². The number of hydrogen-bond acceptors (Lipinski definition) is 3. The molecule has 0 aliphatic carbocycles. The van der Waals surface area contributed by atoms with Gasteiger partial charge in [-0.05, 0) is 30.5 Å². The summed E-state index contributed by atoms with van der Waals surface area (Å²) >= 11 is 0. The molecule has 0 spiro atoms. The summed E-state index contributed by atoms with van der Waals surface area (Å²) in [6.07, 6.45) is 1.91. The van der Waals surface area contributed by atoms with E-state index in [2.05, 4.69) is 22.3 Å². The predicted octanol–water partition coefficient (Wildman–Crippen LogP) is 2.19. The zero-order valence-corrected chi connectivity index (χ0v) is 15.6. The average molecular weight is 365 g/mol. The van der Waals surface area contributed by atoms with Crippen molar-refractivity contribution in [2.45, 2.75) is 12.8 Å². The maximum absolute atomic E-state index is 12.4. The topological polar surface area (TPSA) is 52.7 Å². The Morgan fingerprint density at radius 3 is 2.15 bits per heavy atom. The second-order valence-corrected chi connectivity index (χ2v) is 6.87. The Hall–Kier alpha value is -2.66. The Balaban J connectivity index is 1.33. The number of rotatable bonds is 7. The number of hydrogen-bond donors (Lipinski definition) is 1. The zero-order valence-electron chi connectivity index (χ0n) is 15.6. The second-order valence-electron chi connectivity index (χ2n) is 6.87. The smallest absolute Gasteiger partial charge is 0.253 e. The summed E-state index contributed by atoms with van der Waals surface area (Å²) in [5, 5.41) is 3.00. The van der Waals surface area contributed by atoms with E-state index in [9.17, 15) is 9.59 Å². The van der Waals surface area contributed by atoms with Crippen LogP contribution in [0.5, 0.6) is 0 Å². The third kappa shape index (κ3) is 5.93. The van der Waals surface area contributed by atoms with E-state index >= 15 is 0 Å². The van der Waals surface area contributed by atoms with E-state index < -0.39 is 0 Å². The van der Waals surface area contributed by atoms with Crippen LogP contribution in [0.15, 0.2) is 60.7 Å². The molecular formula is C22H27N3O2. The number of nitrogens with zero attached hydrogens (tertiary/aromatic N) is 2. The van der Waals surface area contributed by atoms with Crippen LogP contribution in [0.4, 0.5) is 0 Å². The SMILES string of the molecule is O=C(CN1CCN(C(=O)c2ccccc2)CC1)NCCCc1ccccc1. The summed E-state index contributed by atoms with van der Waals surface area (Å²) in [5.41, 5.74) is 2.02. The summed E-state index contributed by atoms with van der Waals surface area (Å²) in [5.74, 6) is 0.131. The van der Waals surface area contributed by atoms with Crippen molar-refractivity contribution in [2.24, 2.45) is 0 Å². The van der Waals surface area contributed by atoms with Crippen LogP contribution in [-0.4, -0.2) is 60.9 Å². The fraction of sp³-hybridized carbons (Fsp3) is 0.364. The van der Waals surface area contributed by atoms with Crippen molar-refractivity contribution in [3.63, 3.8) is 0 Å². The highest BCUT2D eigenvalue weighted by atomic mass is 16.2. The summed E-state index contributed by atoms with van der Waals surface area (Å²) in [6, 6.07) is 19.7. The standard InChI is InChI=1S/C22H27N3O2/c26-21(23-13-7-10-19-8-3-1-4-9-19)18-24-14-16-25(17-15-24)22(27)20-11-5-2-6-12-20/h1-6,8-9,11-12H,7,10,13-18H2,(H,23,26). The minimum Gasteiger partial charge on any atom is -0.355 e. The van der Waals surface area contributed by atoms with Crippen LogP contribution >= 0.6 is 0 Å². The van der Waals surface area contributed by atoms with Crippen molar-refractivity contribution in [1.82, 2.24) is 15.1 Å². The van der Waals surface area contributed by atoms with Gasteiger partial charge in [0, 0.05) is 38.3 Å². The molecule has 0 bridgehead atoms. The highest BCUT2D eigenvalue weighted by molar-refractivity contribution is 5.94. The molecule has 5 nitrogen and oxygen atoms in total. The average Bonchev–Trinajstić information content (AvgIpc) is 2.73. The molecule has 2 amide bonds. The number of benzene rings is 2. The van der Waals surface area contributed by atoms with Gasteiger partial charge in [-0.1, -0.05) is 48.5 Å². The molecule has 1 aliphatic rings. The molecule has 5 heteroatoms. The quantitative estimate of drug-likeness (QED) is 0.766. The summed E-state index contributed by atoms with van der Waals surface area (Å²) in [6.45, 7) is 3.88. The molecule has 2 aromatic rings. The largest absolute Gasteiger partial charge is 0.355 e. The fourth-order valence-electron chi connectivity index (χ4n) is 3.30. The highest BCUT2D eigenvalue weighted by Crippen LogP contribution is 2.08. The van der Waals surface area contributed by atoms with E-state index in [1.54, 1.807) is 0 Å². The van der Waals surface area contributed by atoms with Crippen LogP contribution in [0.25, 0.3) is 0 Å². The number of amides is 2. The van der Waals surface area contributed by atoms with Gasteiger partial charge in [-0.3, -0.25) is 14.5 Å². The molecule has 2 aromatic carbocycles. The first-order chi connectivity index (χ1) is 13.2. The van der Waals surface area contributed by atoms with E-state index in [0.717, 1.165) is 31.5 Å². The van der Waals surface area contributed by atoms with Crippen molar-refractivity contribution < 1.29 is 9.59 Å². The van der Waals surface area contributed by atoms with Crippen molar-refractivity contribution >= 4 is 11.8 Å². The van der Waals surface area contributed by atoms with Crippen molar-refractivity contribution in [2.75, 3.05) is 39.3 Å². The minimum absolute atomic E-state index is 0.0610. The molecule has 3 rings (SSSR count). The van der Waals surface area contributed by atoms with E-state index in [4.69, 9.17) is 0 Å². The van der Waals surface area contributed by atoms with Gasteiger partial charge in [-0.25, -0.2) is 0 Å². The van der Waals surface area contributed by atoms with Crippen LogP contribution in [0.3, 0.4) is 0 Å². The summed E-state index contributed by atoms with van der Waals surface area (Å²) in [7, 11) is 0. The number of aryl methyl sites for hydroxylation is 1. The first-order valence-electron chi connectivity index (χ1n) is 9.60. The van der Waals surface area contributed by atoms with Gasteiger partial charge in [0.05, 0.1) is 6.54 Å². The van der Waals surface area contributed by atoms with Crippen molar-refractivity contribution in [3.05, 3.63) is 71.8 Å². The lowest BCUT2D eigenvalue weighted by Crippen LogP contribution is -2.51. The van der Waals surface area contributed by atoms with Gasteiger partial charge in [-0.15, -0.1) is 0 Å². The lowest BCUT2D eigenvalue weighted by Gasteiger charge is -2.34. The Kier molecular flexibility index (Phi) is 6.99. The van der Waals surface area contributed by atoms with Crippen LogP contribution < -0.4 is 5.32 Å². The highest BCUT2D eigenvalue weighted by Gasteiger charge is 2.22. The lowest BCUT2D eigenvalue weighted by molar-refractivity contribution is -0.122. The molecule has 1 saturated heterocycles. The van der Waals surface area contributed by atoms with E-state index in [1.807, 2.05) is 53.4 Å².